The molecule has 1 aromatic heterocycles. The second kappa shape index (κ2) is 8.70. The van der Waals surface area contributed by atoms with E-state index in [0.717, 1.165) is 5.56 Å². The first kappa shape index (κ1) is 18.3. The summed E-state index contributed by atoms with van der Waals surface area (Å²) in [6, 6.07) is 10.4. The third-order valence-electron chi connectivity index (χ3n) is 3.22. The van der Waals surface area contributed by atoms with Gasteiger partial charge in [0.15, 0.2) is 0 Å². The number of carbonyl (C=O) groups is 2. The first-order valence-electron chi connectivity index (χ1n) is 7.23. The highest BCUT2D eigenvalue weighted by Gasteiger charge is 2.16. The summed E-state index contributed by atoms with van der Waals surface area (Å²) in [5, 5.41) is 3.68. The van der Waals surface area contributed by atoms with Gasteiger partial charge < -0.3 is 10.1 Å². The molecule has 0 bridgehead atoms. The third kappa shape index (κ3) is 4.97. The number of rotatable bonds is 6. The first-order chi connectivity index (χ1) is 11.5. The van der Waals surface area contributed by atoms with E-state index < -0.39 is 0 Å². The molecule has 0 saturated heterocycles. The number of carbonyl (C=O) groups excluding carboxylic acids is 2. The summed E-state index contributed by atoms with van der Waals surface area (Å²) in [6.45, 7) is 2.17. The van der Waals surface area contributed by atoms with Gasteiger partial charge in [-0.3, -0.25) is 4.79 Å². The average molecular weight is 365 g/mol. The summed E-state index contributed by atoms with van der Waals surface area (Å²) in [5.74, 6) is -0.499. The van der Waals surface area contributed by atoms with Crippen LogP contribution in [0.5, 0.6) is 0 Å². The van der Waals surface area contributed by atoms with Gasteiger partial charge in [0.1, 0.15) is 5.03 Å². The molecule has 0 fully saturated rings. The number of esters is 1. The highest BCUT2D eigenvalue weighted by Crippen LogP contribution is 2.27. The standard InChI is InChI=1S/C17H17ClN2O3S/c1-11(24-16-14(18)4-3-9-19-16)15(21)20-10-12-5-7-13(8-6-12)17(22)23-2/h3-9,11H,10H2,1-2H3,(H,20,21)/t11-/m1/s1. The number of nitrogens with zero attached hydrogens (tertiary/aromatic N) is 1. The number of aromatic nitrogens is 1. The van der Waals surface area contributed by atoms with E-state index in [-0.39, 0.29) is 17.1 Å². The molecule has 1 atom stereocenters. The molecule has 24 heavy (non-hydrogen) atoms. The van der Waals surface area contributed by atoms with Gasteiger partial charge in [0, 0.05) is 12.7 Å². The molecule has 7 heteroatoms. The fourth-order valence-corrected chi connectivity index (χ4v) is 2.97. The molecule has 126 valence electrons. The van der Waals surface area contributed by atoms with Crippen molar-refractivity contribution < 1.29 is 14.3 Å². The Morgan fingerprint density at radius 1 is 1.29 bits per heavy atom. The Morgan fingerprint density at radius 3 is 2.62 bits per heavy atom. The van der Waals surface area contributed by atoms with Crippen LogP contribution in [0.15, 0.2) is 47.6 Å². The van der Waals surface area contributed by atoms with Crippen molar-refractivity contribution in [1.29, 1.82) is 0 Å². The zero-order valence-electron chi connectivity index (χ0n) is 13.3. The Kier molecular flexibility index (Phi) is 6.63. The molecular weight excluding hydrogens is 348 g/mol. The largest absolute Gasteiger partial charge is 0.465 e. The summed E-state index contributed by atoms with van der Waals surface area (Å²) in [7, 11) is 1.34. The van der Waals surface area contributed by atoms with Crippen molar-refractivity contribution in [3.63, 3.8) is 0 Å². The Balaban J connectivity index is 1.88. The summed E-state index contributed by atoms with van der Waals surface area (Å²) >= 11 is 7.35. The molecule has 1 amide bonds. The molecule has 1 aromatic carbocycles. The van der Waals surface area contributed by atoms with Gasteiger partial charge in [-0.15, -0.1) is 0 Å². The van der Waals surface area contributed by atoms with Gasteiger partial charge in [0.25, 0.3) is 0 Å². The molecule has 0 aliphatic carbocycles. The molecule has 5 nitrogen and oxygen atoms in total. The number of pyridine rings is 1. The van der Waals surface area contributed by atoms with Crippen molar-refractivity contribution in [3.8, 4) is 0 Å². The number of halogens is 1. The molecule has 1 N–H and O–H groups in total. The van der Waals surface area contributed by atoms with Gasteiger partial charge in [0.05, 0.1) is 22.9 Å². The van der Waals surface area contributed by atoms with Crippen molar-refractivity contribution >= 4 is 35.2 Å². The molecule has 0 spiro atoms. The van der Waals surface area contributed by atoms with Crippen LogP contribution in [-0.2, 0) is 16.1 Å². The number of thioether (sulfide) groups is 1. The second-order valence-corrected chi connectivity index (χ2v) is 6.69. The summed E-state index contributed by atoms with van der Waals surface area (Å²) in [6.07, 6.45) is 1.64. The van der Waals surface area contributed by atoms with Crippen molar-refractivity contribution in [3.05, 3.63) is 58.7 Å². The van der Waals surface area contributed by atoms with E-state index in [4.69, 9.17) is 11.6 Å². The van der Waals surface area contributed by atoms with Gasteiger partial charge >= 0.3 is 5.97 Å². The van der Waals surface area contributed by atoms with Crippen molar-refractivity contribution in [2.24, 2.45) is 0 Å². The number of methoxy groups -OCH3 is 1. The maximum atomic E-state index is 12.2. The SMILES string of the molecule is COC(=O)c1ccc(CNC(=O)[C@@H](C)Sc2ncccc2Cl)cc1. The maximum absolute atomic E-state index is 12.2. The Hall–Kier alpha value is -2.05. The molecule has 2 rings (SSSR count). The molecular formula is C17H17ClN2O3S. The first-order valence-corrected chi connectivity index (χ1v) is 8.49. The van der Waals surface area contributed by atoms with Gasteiger partial charge in [-0.05, 0) is 36.8 Å². The number of hydrogen-bond donors (Lipinski definition) is 1. The molecule has 0 saturated carbocycles. The number of hydrogen-bond acceptors (Lipinski definition) is 5. The predicted octanol–water partition coefficient (Wildman–Crippen LogP) is 3.32. The lowest BCUT2D eigenvalue weighted by Crippen LogP contribution is -2.30. The quantitative estimate of drug-likeness (QED) is 0.629. The van der Waals surface area contributed by atoms with E-state index in [2.05, 4.69) is 15.0 Å². The minimum Gasteiger partial charge on any atom is -0.465 e. The van der Waals surface area contributed by atoms with Crippen molar-refractivity contribution in [2.45, 2.75) is 23.7 Å². The smallest absolute Gasteiger partial charge is 0.337 e. The number of ether oxygens (including phenoxy) is 1. The molecule has 1 heterocycles. The lowest BCUT2D eigenvalue weighted by Gasteiger charge is -2.12. The number of nitrogens with one attached hydrogen (secondary N) is 1. The van der Waals surface area contributed by atoms with Gasteiger partial charge in [-0.25, -0.2) is 9.78 Å². The van der Waals surface area contributed by atoms with Crippen molar-refractivity contribution in [1.82, 2.24) is 10.3 Å². The van der Waals surface area contributed by atoms with Crippen LogP contribution in [0.3, 0.4) is 0 Å². The van der Waals surface area contributed by atoms with E-state index in [1.807, 2.05) is 0 Å². The highest BCUT2D eigenvalue weighted by molar-refractivity contribution is 8.00. The van der Waals surface area contributed by atoms with Gasteiger partial charge in [-0.2, -0.15) is 0 Å². The van der Waals surface area contributed by atoms with Crippen LogP contribution in [0.4, 0.5) is 0 Å². The van der Waals surface area contributed by atoms with E-state index >= 15 is 0 Å². The third-order valence-corrected chi connectivity index (χ3v) is 4.76. The lowest BCUT2D eigenvalue weighted by molar-refractivity contribution is -0.120. The Bertz CT molecular complexity index is 722. The monoisotopic (exact) mass is 364 g/mol. The van der Waals surface area contributed by atoms with Crippen LogP contribution in [0.2, 0.25) is 5.02 Å². The van der Waals surface area contributed by atoms with Gasteiger partial charge in [0.2, 0.25) is 5.91 Å². The van der Waals surface area contributed by atoms with Crippen molar-refractivity contribution in [2.75, 3.05) is 7.11 Å². The Labute approximate surface area is 149 Å². The minimum atomic E-state index is -0.386. The molecule has 0 radical (unpaired) electrons. The number of amides is 1. The normalized spacial score (nSPS) is 11.6. The second-order valence-electron chi connectivity index (χ2n) is 4.96. The maximum Gasteiger partial charge on any atom is 0.337 e. The Morgan fingerprint density at radius 2 is 2.00 bits per heavy atom. The summed E-state index contributed by atoms with van der Waals surface area (Å²) in [4.78, 5) is 27.7. The van der Waals surface area contributed by atoms with Crippen LogP contribution in [0.1, 0.15) is 22.8 Å². The van der Waals surface area contributed by atoms with E-state index in [0.29, 0.717) is 22.2 Å². The van der Waals surface area contributed by atoms with E-state index in [1.54, 1.807) is 49.5 Å². The molecule has 0 aliphatic heterocycles. The zero-order chi connectivity index (χ0) is 17.5. The van der Waals surface area contributed by atoms with Crippen LogP contribution in [0, 0.1) is 0 Å². The molecule has 2 aromatic rings. The fraction of sp³-hybridized carbons (Fsp3) is 0.235. The summed E-state index contributed by atoms with van der Waals surface area (Å²) in [5.41, 5.74) is 1.37. The summed E-state index contributed by atoms with van der Waals surface area (Å²) < 4.78 is 4.64. The predicted molar refractivity (Wildman–Crippen MR) is 94.2 cm³/mol. The number of benzene rings is 1. The molecule has 0 unspecified atom stereocenters. The van der Waals surface area contributed by atoms with Crippen LogP contribution in [-0.4, -0.2) is 29.2 Å². The highest BCUT2D eigenvalue weighted by atomic mass is 35.5. The average Bonchev–Trinajstić information content (AvgIpc) is 2.61. The van der Waals surface area contributed by atoms with Crippen LogP contribution >= 0.6 is 23.4 Å². The topological polar surface area (TPSA) is 68.3 Å². The molecule has 0 aliphatic rings. The van der Waals surface area contributed by atoms with Gasteiger partial charge in [-0.1, -0.05) is 35.5 Å². The van der Waals surface area contributed by atoms with E-state index in [9.17, 15) is 9.59 Å². The van der Waals surface area contributed by atoms with Crippen LogP contribution in [0.25, 0.3) is 0 Å². The zero-order valence-corrected chi connectivity index (χ0v) is 14.9. The lowest BCUT2D eigenvalue weighted by atomic mass is 10.1. The van der Waals surface area contributed by atoms with E-state index in [1.165, 1.54) is 18.9 Å². The fourth-order valence-electron chi connectivity index (χ4n) is 1.89. The van der Waals surface area contributed by atoms with Crippen LogP contribution < -0.4 is 5.32 Å². The minimum absolute atomic E-state index is 0.112.